The van der Waals surface area contributed by atoms with Crippen LogP contribution in [0, 0.1) is 0 Å². The van der Waals surface area contributed by atoms with Crippen LogP contribution in [-0.4, -0.2) is 31.6 Å². The van der Waals surface area contributed by atoms with E-state index in [9.17, 15) is 4.79 Å². The van der Waals surface area contributed by atoms with Gasteiger partial charge in [-0.25, -0.2) is 0 Å². The number of hydrogen-bond acceptors (Lipinski definition) is 4. The van der Waals surface area contributed by atoms with Gasteiger partial charge in [0.2, 0.25) is 0 Å². The van der Waals surface area contributed by atoms with E-state index in [4.69, 9.17) is 9.47 Å². The van der Waals surface area contributed by atoms with E-state index in [1.807, 2.05) is 36.7 Å². The maximum absolute atomic E-state index is 12.8. The summed E-state index contributed by atoms with van der Waals surface area (Å²) in [4.78, 5) is 17.3. The monoisotopic (exact) mass is 575 g/mol. The third-order valence-corrected chi connectivity index (χ3v) is 6.23. The van der Waals surface area contributed by atoms with Gasteiger partial charge in [-0.3, -0.25) is 0 Å². The summed E-state index contributed by atoms with van der Waals surface area (Å²) in [5.74, 6) is 1.60. The van der Waals surface area contributed by atoms with Gasteiger partial charge < -0.3 is 0 Å². The van der Waals surface area contributed by atoms with Crippen LogP contribution in [0.15, 0.2) is 49.0 Å². The third kappa shape index (κ3) is 4.71. The summed E-state index contributed by atoms with van der Waals surface area (Å²) in [6.45, 7) is 5.97. The number of carbonyl (C=O) groups excluding carboxylic acids is 1. The number of fused-ring (bicyclic) bond motifs is 3. The number of nitrogens with zero attached hydrogens (tertiary/aromatic N) is 2. The summed E-state index contributed by atoms with van der Waals surface area (Å²) >= 11 is 1.34. The first kappa shape index (κ1) is 21.0. The molecule has 1 aromatic carbocycles. The Balaban J connectivity index is 1.60. The van der Waals surface area contributed by atoms with Crippen LogP contribution in [0.25, 0.3) is 0 Å². The van der Waals surface area contributed by atoms with E-state index in [0.717, 1.165) is 46.0 Å². The standard InChI is InChI=1S/C23H25N3O3.W/c1-23(2)15-17-13-18-16-28-12-6-10-26-11-9-24-21(26)7-4-3-5-8-25-22(27)19(18)14-20(17)29-23;/h3-5,8-9,11,13-14H,6,10,12,15-16H2,1-2H3,(H,25,27);. The minimum atomic E-state index is -0.256. The van der Waals surface area contributed by atoms with E-state index in [-0.39, 0.29) is 11.5 Å². The average molecular weight is 575 g/mol. The number of ether oxygens (including phenoxy) is 2. The first-order chi connectivity index (χ1) is 14.4. The van der Waals surface area contributed by atoms with Crippen LogP contribution in [0.4, 0.5) is 0 Å². The molecule has 6 nitrogen and oxygen atoms in total. The van der Waals surface area contributed by atoms with Crippen LogP contribution in [-0.2, 0) is 43.7 Å². The predicted molar refractivity (Wildman–Crippen MR) is 111 cm³/mol. The second kappa shape index (κ2) is 8.82. The number of allylic oxidation sites excluding steroid dienone is 3. The summed E-state index contributed by atoms with van der Waals surface area (Å²) in [7, 11) is 0. The van der Waals surface area contributed by atoms with Crippen molar-refractivity contribution in [3.05, 3.63) is 71.5 Å². The van der Waals surface area contributed by atoms with Gasteiger partial charge in [-0.15, -0.1) is 0 Å². The zero-order chi connectivity index (χ0) is 21.1. The molecule has 2 aliphatic heterocycles. The molecule has 2 aliphatic rings. The van der Waals surface area contributed by atoms with Gasteiger partial charge in [0.15, 0.2) is 0 Å². The molecule has 0 unspecified atom stereocenters. The number of aromatic nitrogens is 2. The number of carbonyl (C=O) groups is 1. The van der Waals surface area contributed by atoms with Crippen molar-refractivity contribution < 1.29 is 33.6 Å². The average Bonchev–Trinajstić information content (AvgIpc) is 3.27. The molecular formula is C23H25N3O3W. The zero-order valence-corrected chi connectivity index (χ0v) is 20.1. The SMILES string of the molecule is CC1(C)Cc2cc3c(cc2O1)C(=O)NC=CC=C[C](=[W])c1nccn1CCCOC3. The molecule has 0 saturated heterocycles. The quantitative estimate of drug-likeness (QED) is 0.525. The number of hydrogen-bond donors (Lipinski definition) is 1. The molecule has 0 aliphatic carbocycles. The second-order valence-electron chi connectivity index (χ2n) is 8.06. The van der Waals surface area contributed by atoms with Gasteiger partial charge in [-0.2, -0.15) is 0 Å². The Hall–Kier alpha value is -2.30. The van der Waals surface area contributed by atoms with Gasteiger partial charge >= 0.3 is 174 Å². The molecule has 0 spiro atoms. The molecule has 1 N–H and O–H groups in total. The van der Waals surface area contributed by atoms with Crippen molar-refractivity contribution in [3.8, 4) is 5.75 Å². The van der Waals surface area contributed by atoms with E-state index in [1.165, 1.54) is 19.4 Å². The van der Waals surface area contributed by atoms with E-state index in [1.54, 1.807) is 6.20 Å². The molecule has 30 heavy (non-hydrogen) atoms. The molecule has 7 heteroatoms. The number of amides is 1. The van der Waals surface area contributed by atoms with Gasteiger partial charge in [-0.05, 0) is 13.8 Å². The van der Waals surface area contributed by atoms with Gasteiger partial charge in [0.05, 0.1) is 0 Å². The number of benzene rings is 1. The van der Waals surface area contributed by atoms with Gasteiger partial charge in [0.25, 0.3) is 0 Å². The molecular weight excluding hydrogens is 550 g/mol. The Labute approximate surface area is 187 Å². The second-order valence-corrected chi connectivity index (χ2v) is 9.64. The summed E-state index contributed by atoms with van der Waals surface area (Å²) in [5.41, 5.74) is 2.35. The minimum absolute atomic E-state index is 0.164. The number of aryl methyl sites for hydroxylation is 1. The molecule has 0 saturated carbocycles. The van der Waals surface area contributed by atoms with E-state index in [2.05, 4.69) is 34.8 Å². The Morgan fingerprint density at radius 2 is 2.10 bits per heavy atom. The number of nitrogens with one attached hydrogen (secondary N) is 1. The first-order valence-corrected chi connectivity index (χ1v) is 11.5. The van der Waals surface area contributed by atoms with Crippen LogP contribution in [0.2, 0.25) is 0 Å². The molecule has 0 atom stereocenters. The van der Waals surface area contributed by atoms with E-state index < -0.39 is 0 Å². The van der Waals surface area contributed by atoms with Crippen molar-refractivity contribution in [1.29, 1.82) is 0 Å². The van der Waals surface area contributed by atoms with Crippen LogP contribution in [0.1, 0.15) is 47.6 Å². The molecule has 3 heterocycles. The fourth-order valence-electron chi connectivity index (χ4n) is 3.74. The third-order valence-electron chi connectivity index (χ3n) is 5.08. The molecule has 0 bridgehead atoms. The van der Waals surface area contributed by atoms with Crippen molar-refractivity contribution in [3.63, 3.8) is 0 Å². The molecule has 0 radical (unpaired) electrons. The van der Waals surface area contributed by atoms with Crippen molar-refractivity contribution >= 4 is 9.81 Å². The van der Waals surface area contributed by atoms with Gasteiger partial charge in [0.1, 0.15) is 0 Å². The predicted octanol–water partition coefficient (Wildman–Crippen LogP) is 3.08. The Morgan fingerprint density at radius 3 is 2.97 bits per heavy atom. The number of rotatable bonds is 0. The molecule has 2 aromatic rings. The number of imidazole rings is 1. The van der Waals surface area contributed by atoms with Crippen LogP contribution < -0.4 is 10.1 Å². The van der Waals surface area contributed by atoms with Crippen molar-refractivity contribution in [2.24, 2.45) is 0 Å². The fourth-order valence-corrected chi connectivity index (χ4v) is 4.63. The summed E-state index contributed by atoms with van der Waals surface area (Å²) in [6.07, 6.45) is 13.0. The van der Waals surface area contributed by atoms with Gasteiger partial charge in [-0.1, -0.05) is 0 Å². The zero-order valence-electron chi connectivity index (χ0n) is 17.2. The van der Waals surface area contributed by atoms with Crippen LogP contribution in [0.3, 0.4) is 0 Å². The normalized spacial score (nSPS) is 18.9. The molecule has 0 fully saturated rings. The molecule has 1 amide bonds. The maximum atomic E-state index is 12.8. The Morgan fingerprint density at radius 1 is 1.23 bits per heavy atom. The van der Waals surface area contributed by atoms with Crippen LogP contribution >= 0.6 is 0 Å². The van der Waals surface area contributed by atoms with E-state index >= 15 is 0 Å². The summed E-state index contributed by atoms with van der Waals surface area (Å²) < 4.78 is 15.3. The van der Waals surface area contributed by atoms with Crippen LogP contribution in [0.5, 0.6) is 5.75 Å². The molecule has 156 valence electrons. The summed E-state index contributed by atoms with van der Waals surface area (Å²) in [6, 6.07) is 3.91. The summed E-state index contributed by atoms with van der Waals surface area (Å²) in [5, 5.41) is 2.86. The first-order valence-electron chi connectivity index (χ1n) is 10.0. The van der Waals surface area contributed by atoms with Crippen molar-refractivity contribution in [1.82, 2.24) is 14.9 Å². The molecule has 1 aromatic heterocycles. The fraction of sp³-hybridized carbons (Fsp3) is 0.348. The van der Waals surface area contributed by atoms with Crippen molar-refractivity contribution in [2.75, 3.05) is 6.61 Å². The molecule has 4 rings (SSSR count). The van der Waals surface area contributed by atoms with Gasteiger partial charge in [0, 0.05) is 0 Å². The Kier molecular flexibility index (Phi) is 6.16. The van der Waals surface area contributed by atoms with Crippen molar-refractivity contribution in [2.45, 2.75) is 45.4 Å². The Bertz CT molecular complexity index is 1040. The van der Waals surface area contributed by atoms with E-state index in [0.29, 0.717) is 18.8 Å². The topological polar surface area (TPSA) is 65.4 Å².